The van der Waals surface area contributed by atoms with E-state index in [1.165, 1.54) is 11.1 Å². The zero-order valence-electron chi connectivity index (χ0n) is 15.9. The SMILES string of the molecule is CN=C(NCc1ccc(COC)cc1)NCc1oc2ccccc2c1C.I. The number of guanidine groups is 1. The number of nitrogens with one attached hydrogen (secondary N) is 2. The van der Waals surface area contributed by atoms with Crippen LogP contribution in [0.5, 0.6) is 0 Å². The summed E-state index contributed by atoms with van der Waals surface area (Å²) in [5.74, 6) is 1.67. The summed E-state index contributed by atoms with van der Waals surface area (Å²) in [6.07, 6.45) is 0. The first-order valence-corrected chi connectivity index (χ1v) is 8.69. The molecule has 1 heterocycles. The van der Waals surface area contributed by atoms with Crippen LogP contribution in [0.4, 0.5) is 0 Å². The van der Waals surface area contributed by atoms with Crippen LogP contribution >= 0.6 is 24.0 Å². The van der Waals surface area contributed by atoms with Crippen LogP contribution in [0.15, 0.2) is 57.9 Å². The van der Waals surface area contributed by atoms with E-state index in [4.69, 9.17) is 9.15 Å². The minimum absolute atomic E-state index is 0. The third-order valence-electron chi connectivity index (χ3n) is 4.38. The van der Waals surface area contributed by atoms with Crippen LogP contribution in [0.3, 0.4) is 0 Å². The average molecular weight is 479 g/mol. The molecule has 0 unspecified atom stereocenters. The second kappa shape index (κ2) is 10.3. The number of nitrogens with zero attached hydrogens (tertiary/aromatic N) is 1. The predicted octanol–water partition coefficient (Wildman–Crippen LogP) is 4.37. The van der Waals surface area contributed by atoms with Gasteiger partial charge in [0, 0.05) is 31.7 Å². The number of hydrogen-bond acceptors (Lipinski definition) is 3. The molecule has 1 aromatic heterocycles. The Hall–Kier alpha value is -2.06. The number of ether oxygens (including phenoxy) is 1. The van der Waals surface area contributed by atoms with Gasteiger partial charge in [0.25, 0.3) is 0 Å². The van der Waals surface area contributed by atoms with Crippen molar-refractivity contribution >= 4 is 40.9 Å². The van der Waals surface area contributed by atoms with E-state index in [0.29, 0.717) is 19.7 Å². The number of benzene rings is 2. The van der Waals surface area contributed by atoms with Gasteiger partial charge in [-0.15, -0.1) is 24.0 Å². The first kappa shape index (κ1) is 21.2. The third-order valence-corrected chi connectivity index (χ3v) is 4.38. The molecule has 0 aliphatic heterocycles. The number of aliphatic imine (C=N–C) groups is 1. The van der Waals surface area contributed by atoms with E-state index in [-0.39, 0.29) is 24.0 Å². The molecule has 3 rings (SSSR count). The molecule has 27 heavy (non-hydrogen) atoms. The first-order valence-electron chi connectivity index (χ1n) is 8.69. The van der Waals surface area contributed by atoms with Crippen molar-refractivity contribution in [3.05, 3.63) is 71.0 Å². The lowest BCUT2D eigenvalue weighted by molar-refractivity contribution is 0.185. The maximum absolute atomic E-state index is 5.94. The van der Waals surface area contributed by atoms with Crippen molar-refractivity contribution in [2.45, 2.75) is 26.6 Å². The molecule has 6 heteroatoms. The van der Waals surface area contributed by atoms with Gasteiger partial charge in [-0.2, -0.15) is 0 Å². The normalized spacial score (nSPS) is 11.3. The van der Waals surface area contributed by atoms with Gasteiger partial charge in [-0.3, -0.25) is 4.99 Å². The maximum Gasteiger partial charge on any atom is 0.191 e. The molecule has 0 atom stereocenters. The van der Waals surface area contributed by atoms with Gasteiger partial charge in [0.1, 0.15) is 11.3 Å². The van der Waals surface area contributed by atoms with Crippen LogP contribution in [0.25, 0.3) is 11.0 Å². The highest BCUT2D eigenvalue weighted by Gasteiger charge is 2.10. The average Bonchev–Trinajstić information content (AvgIpc) is 2.99. The number of para-hydroxylation sites is 1. The number of halogens is 1. The highest BCUT2D eigenvalue weighted by Crippen LogP contribution is 2.24. The highest BCUT2D eigenvalue weighted by molar-refractivity contribution is 14.0. The molecule has 0 spiro atoms. The number of methoxy groups -OCH3 is 1. The van der Waals surface area contributed by atoms with Crippen molar-refractivity contribution in [2.24, 2.45) is 4.99 Å². The molecule has 0 aliphatic carbocycles. The van der Waals surface area contributed by atoms with E-state index in [1.54, 1.807) is 14.2 Å². The summed E-state index contributed by atoms with van der Waals surface area (Å²) < 4.78 is 11.1. The van der Waals surface area contributed by atoms with Gasteiger partial charge < -0.3 is 19.8 Å². The molecule has 0 saturated heterocycles. The fourth-order valence-corrected chi connectivity index (χ4v) is 2.88. The van der Waals surface area contributed by atoms with E-state index in [2.05, 4.69) is 52.9 Å². The number of furan rings is 1. The number of rotatable bonds is 6. The van der Waals surface area contributed by atoms with Crippen molar-refractivity contribution in [2.75, 3.05) is 14.2 Å². The number of hydrogen-bond donors (Lipinski definition) is 2. The Morgan fingerprint density at radius 2 is 1.67 bits per heavy atom. The van der Waals surface area contributed by atoms with Crippen molar-refractivity contribution in [1.82, 2.24) is 10.6 Å². The van der Waals surface area contributed by atoms with Gasteiger partial charge in [-0.05, 0) is 24.1 Å². The van der Waals surface area contributed by atoms with Crippen LogP contribution in [-0.2, 0) is 24.4 Å². The monoisotopic (exact) mass is 479 g/mol. The molecule has 2 aromatic carbocycles. The largest absolute Gasteiger partial charge is 0.459 e. The second-order valence-electron chi connectivity index (χ2n) is 6.18. The Morgan fingerprint density at radius 3 is 2.33 bits per heavy atom. The zero-order chi connectivity index (χ0) is 18.4. The maximum atomic E-state index is 5.94. The third kappa shape index (κ3) is 5.46. The molecule has 2 N–H and O–H groups in total. The summed E-state index contributed by atoms with van der Waals surface area (Å²) in [7, 11) is 3.47. The van der Waals surface area contributed by atoms with Crippen LogP contribution in [-0.4, -0.2) is 20.1 Å². The Bertz CT molecular complexity index is 888. The van der Waals surface area contributed by atoms with E-state index in [0.717, 1.165) is 28.3 Å². The molecule has 0 bridgehead atoms. The van der Waals surface area contributed by atoms with Crippen molar-refractivity contribution in [3.63, 3.8) is 0 Å². The lowest BCUT2D eigenvalue weighted by Crippen LogP contribution is -2.36. The molecule has 0 fully saturated rings. The fourth-order valence-electron chi connectivity index (χ4n) is 2.88. The fraction of sp³-hybridized carbons (Fsp3) is 0.286. The summed E-state index contributed by atoms with van der Waals surface area (Å²) in [6.45, 7) is 4.01. The van der Waals surface area contributed by atoms with Crippen LogP contribution in [0, 0.1) is 6.92 Å². The van der Waals surface area contributed by atoms with Crippen molar-refractivity contribution in [3.8, 4) is 0 Å². The smallest absolute Gasteiger partial charge is 0.191 e. The summed E-state index contributed by atoms with van der Waals surface area (Å²) in [6, 6.07) is 16.4. The van der Waals surface area contributed by atoms with E-state index in [1.807, 2.05) is 18.2 Å². The highest BCUT2D eigenvalue weighted by atomic mass is 127. The number of aryl methyl sites for hydroxylation is 1. The second-order valence-corrected chi connectivity index (χ2v) is 6.18. The quantitative estimate of drug-likeness (QED) is 0.313. The zero-order valence-corrected chi connectivity index (χ0v) is 18.2. The van der Waals surface area contributed by atoms with Gasteiger partial charge in [-0.1, -0.05) is 42.5 Å². The summed E-state index contributed by atoms with van der Waals surface area (Å²) in [4.78, 5) is 4.28. The van der Waals surface area contributed by atoms with Gasteiger partial charge in [0.05, 0.1) is 13.2 Å². The minimum atomic E-state index is 0. The van der Waals surface area contributed by atoms with Crippen molar-refractivity contribution < 1.29 is 9.15 Å². The van der Waals surface area contributed by atoms with Gasteiger partial charge in [-0.25, -0.2) is 0 Å². The summed E-state index contributed by atoms with van der Waals surface area (Å²) in [5.41, 5.74) is 4.44. The Labute approximate surface area is 177 Å². The van der Waals surface area contributed by atoms with E-state index >= 15 is 0 Å². The molecular weight excluding hydrogens is 453 g/mol. The lowest BCUT2D eigenvalue weighted by atomic mass is 10.1. The lowest BCUT2D eigenvalue weighted by Gasteiger charge is -2.11. The minimum Gasteiger partial charge on any atom is -0.459 e. The molecule has 0 saturated carbocycles. The molecule has 5 nitrogen and oxygen atoms in total. The Kier molecular flexibility index (Phi) is 8.12. The molecule has 0 radical (unpaired) electrons. The standard InChI is InChI=1S/C21H25N3O2.HI/c1-15-18-6-4-5-7-19(18)26-20(15)13-24-21(22-2)23-12-16-8-10-17(11-9-16)14-25-3;/h4-11H,12-14H2,1-3H3,(H2,22,23,24);1H. The van der Waals surface area contributed by atoms with Crippen LogP contribution in [0.2, 0.25) is 0 Å². The first-order chi connectivity index (χ1) is 12.7. The molecule has 3 aromatic rings. The van der Waals surface area contributed by atoms with Gasteiger partial charge in [0.2, 0.25) is 0 Å². The van der Waals surface area contributed by atoms with Gasteiger partial charge in [0.15, 0.2) is 5.96 Å². The van der Waals surface area contributed by atoms with E-state index < -0.39 is 0 Å². The van der Waals surface area contributed by atoms with E-state index in [9.17, 15) is 0 Å². The Balaban J connectivity index is 0.00000261. The summed E-state index contributed by atoms with van der Waals surface area (Å²) >= 11 is 0. The summed E-state index contributed by atoms with van der Waals surface area (Å²) in [5, 5.41) is 7.80. The molecule has 0 amide bonds. The van der Waals surface area contributed by atoms with Crippen LogP contribution < -0.4 is 10.6 Å². The molecule has 144 valence electrons. The molecular formula is C21H26IN3O2. The number of fused-ring (bicyclic) bond motifs is 1. The van der Waals surface area contributed by atoms with Crippen LogP contribution in [0.1, 0.15) is 22.5 Å². The molecule has 0 aliphatic rings. The van der Waals surface area contributed by atoms with Gasteiger partial charge >= 0.3 is 0 Å². The topological polar surface area (TPSA) is 58.8 Å². The predicted molar refractivity (Wildman–Crippen MR) is 121 cm³/mol. The Morgan fingerprint density at radius 1 is 1.00 bits per heavy atom. The van der Waals surface area contributed by atoms with Crippen molar-refractivity contribution in [1.29, 1.82) is 0 Å².